The summed E-state index contributed by atoms with van der Waals surface area (Å²) in [6.07, 6.45) is 7.36. The third-order valence-electron chi connectivity index (χ3n) is 5.11. The van der Waals surface area contributed by atoms with Gasteiger partial charge in [-0.15, -0.1) is 0 Å². The molecule has 4 rings (SSSR count). The Morgan fingerprint density at radius 1 is 0.957 bits per heavy atom. The Balaban J connectivity index is 1.53. The van der Waals surface area contributed by atoms with E-state index >= 15 is 0 Å². The van der Waals surface area contributed by atoms with Crippen LogP contribution in [0.4, 0.5) is 0 Å². The van der Waals surface area contributed by atoms with Gasteiger partial charge >= 0.3 is 0 Å². The van der Waals surface area contributed by atoms with Crippen LogP contribution in [0.15, 0.2) is 60.8 Å². The second-order valence-corrected chi connectivity index (χ2v) is 6.67. The van der Waals surface area contributed by atoms with Crippen LogP contribution in [0.5, 0.6) is 0 Å². The molecule has 1 fully saturated rings. The van der Waals surface area contributed by atoms with Crippen LogP contribution in [0, 0.1) is 0 Å². The molecule has 1 aliphatic rings. The smallest absolute Gasteiger partial charge is 0.0456 e. The molecule has 0 amide bonds. The number of rotatable bonds is 4. The van der Waals surface area contributed by atoms with Gasteiger partial charge in [-0.25, -0.2) is 0 Å². The van der Waals surface area contributed by atoms with Crippen LogP contribution in [0.2, 0.25) is 0 Å². The molecule has 2 heteroatoms. The zero-order valence-corrected chi connectivity index (χ0v) is 13.5. The second kappa shape index (κ2) is 6.59. The van der Waals surface area contributed by atoms with Crippen LogP contribution in [0.25, 0.3) is 10.9 Å². The Morgan fingerprint density at radius 3 is 2.70 bits per heavy atom. The minimum atomic E-state index is 0.656. The van der Waals surface area contributed by atoms with Gasteiger partial charge in [0.1, 0.15) is 0 Å². The molecule has 23 heavy (non-hydrogen) atoms. The third-order valence-corrected chi connectivity index (χ3v) is 5.11. The Bertz CT molecular complexity index is 760. The third kappa shape index (κ3) is 3.18. The first-order chi connectivity index (χ1) is 11.4. The summed E-state index contributed by atoms with van der Waals surface area (Å²) in [7, 11) is 0. The zero-order chi connectivity index (χ0) is 15.5. The number of hydrogen-bond donors (Lipinski definition) is 1. The SMILES string of the molecule is c1ccc(CN2CCCCC2Cc2c[nH]c3ccccc23)cc1. The first-order valence-corrected chi connectivity index (χ1v) is 8.73. The van der Waals surface area contributed by atoms with Gasteiger partial charge in [0.05, 0.1) is 0 Å². The Kier molecular flexibility index (Phi) is 4.16. The van der Waals surface area contributed by atoms with E-state index < -0.39 is 0 Å². The average Bonchev–Trinajstić information content (AvgIpc) is 3.01. The fourth-order valence-corrected chi connectivity index (χ4v) is 3.87. The number of aromatic amines is 1. The number of piperidine rings is 1. The van der Waals surface area contributed by atoms with Gasteiger partial charge in [-0.2, -0.15) is 0 Å². The van der Waals surface area contributed by atoms with Crippen molar-refractivity contribution in [3.8, 4) is 0 Å². The van der Waals surface area contributed by atoms with Gasteiger partial charge in [-0.05, 0) is 43.0 Å². The maximum Gasteiger partial charge on any atom is 0.0456 e. The van der Waals surface area contributed by atoms with Crippen LogP contribution in [-0.4, -0.2) is 22.5 Å². The van der Waals surface area contributed by atoms with Crippen LogP contribution < -0.4 is 0 Å². The van der Waals surface area contributed by atoms with Crippen molar-refractivity contribution in [3.63, 3.8) is 0 Å². The molecule has 0 radical (unpaired) electrons. The average molecular weight is 304 g/mol. The topological polar surface area (TPSA) is 19.0 Å². The minimum Gasteiger partial charge on any atom is -0.361 e. The van der Waals surface area contributed by atoms with E-state index in [2.05, 4.69) is 70.7 Å². The van der Waals surface area contributed by atoms with E-state index in [1.54, 1.807) is 0 Å². The summed E-state index contributed by atoms with van der Waals surface area (Å²) >= 11 is 0. The van der Waals surface area contributed by atoms with Gasteiger partial charge < -0.3 is 4.98 Å². The molecule has 2 aromatic carbocycles. The zero-order valence-electron chi connectivity index (χ0n) is 13.5. The van der Waals surface area contributed by atoms with Crippen LogP contribution >= 0.6 is 0 Å². The molecular formula is C21H24N2. The number of para-hydroxylation sites is 1. The standard InChI is InChI=1S/C21H24N2/c1-2-8-17(9-3-1)16-23-13-7-6-10-19(23)14-18-15-22-21-12-5-4-11-20(18)21/h1-5,8-9,11-12,15,19,22H,6-7,10,13-14,16H2. The predicted octanol–water partition coefficient (Wildman–Crippen LogP) is 4.77. The van der Waals surface area contributed by atoms with Crippen molar-refractivity contribution in [1.82, 2.24) is 9.88 Å². The Hall–Kier alpha value is -2.06. The molecule has 0 bridgehead atoms. The summed E-state index contributed by atoms with van der Waals surface area (Å²) < 4.78 is 0. The lowest BCUT2D eigenvalue weighted by Gasteiger charge is -2.36. The summed E-state index contributed by atoms with van der Waals surface area (Å²) in [4.78, 5) is 6.10. The lowest BCUT2D eigenvalue weighted by molar-refractivity contribution is 0.139. The molecule has 1 N–H and O–H groups in total. The van der Waals surface area contributed by atoms with Crippen molar-refractivity contribution in [2.45, 2.75) is 38.3 Å². The van der Waals surface area contributed by atoms with Crippen molar-refractivity contribution in [1.29, 1.82) is 0 Å². The summed E-state index contributed by atoms with van der Waals surface area (Å²) in [6.45, 7) is 2.30. The predicted molar refractivity (Wildman–Crippen MR) is 96.5 cm³/mol. The van der Waals surface area contributed by atoms with Gasteiger partial charge in [-0.1, -0.05) is 55.0 Å². The van der Waals surface area contributed by atoms with Crippen molar-refractivity contribution in [2.24, 2.45) is 0 Å². The number of fused-ring (bicyclic) bond motifs is 1. The van der Waals surface area contributed by atoms with Gasteiger partial charge in [-0.3, -0.25) is 4.90 Å². The number of aromatic nitrogens is 1. The molecule has 0 aliphatic carbocycles. The van der Waals surface area contributed by atoms with Crippen molar-refractivity contribution in [2.75, 3.05) is 6.54 Å². The fourth-order valence-electron chi connectivity index (χ4n) is 3.87. The lowest BCUT2D eigenvalue weighted by atomic mass is 9.95. The molecule has 0 saturated carbocycles. The van der Waals surface area contributed by atoms with E-state index in [1.807, 2.05) is 0 Å². The van der Waals surface area contributed by atoms with Crippen molar-refractivity contribution in [3.05, 3.63) is 71.9 Å². The maximum absolute atomic E-state index is 3.42. The molecule has 0 spiro atoms. The molecule has 1 aliphatic heterocycles. The van der Waals surface area contributed by atoms with E-state index in [0.717, 1.165) is 13.0 Å². The fraction of sp³-hybridized carbons (Fsp3) is 0.333. The quantitative estimate of drug-likeness (QED) is 0.736. The van der Waals surface area contributed by atoms with Crippen LogP contribution in [-0.2, 0) is 13.0 Å². The summed E-state index contributed by atoms with van der Waals surface area (Å²) in [5.74, 6) is 0. The van der Waals surface area contributed by atoms with Gasteiger partial charge in [0.25, 0.3) is 0 Å². The minimum absolute atomic E-state index is 0.656. The van der Waals surface area contributed by atoms with Crippen LogP contribution in [0.3, 0.4) is 0 Å². The highest BCUT2D eigenvalue weighted by atomic mass is 15.2. The van der Waals surface area contributed by atoms with Crippen molar-refractivity contribution >= 4 is 10.9 Å². The highest BCUT2D eigenvalue weighted by Gasteiger charge is 2.23. The highest BCUT2D eigenvalue weighted by molar-refractivity contribution is 5.83. The first-order valence-electron chi connectivity index (χ1n) is 8.73. The van der Waals surface area contributed by atoms with E-state index in [0.29, 0.717) is 6.04 Å². The number of hydrogen-bond acceptors (Lipinski definition) is 1. The Morgan fingerprint density at radius 2 is 1.78 bits per heavy atom. The van der Waals surface area contributed by atoms with E-state index in [1.165, 1.54) is 47.8 Å². The number of likely N-dealkylation sites (tertiary alicyclic amines) is 1. The number of nitrogens with zero attached hydrogens (tertiary/aromatic N) is 1. The maximum atomic E-state index is 3.42. The molecule has 1 unspecified atom stereocenters. The highest BCUT2D eigenvalue weighted by Crippen LogP contribution is 2.26. The van der Waals surface area contributed by atoms with Crippen molar-refractivity contribution < 1.29 is 0 Å². The van der Waals surface area contributed by atoms with Crippen LogP contribution in [0.1, 0.15) is 30.4 Å². The summed E-state index contributed by atoms with van der Waals surface area (Å²) in [6, 6.07) is 20.2. The van der Waals surface area contributed by atoms with E-state index in [-0.39, 0.29) is 0 Å². The number of benzene rings is 2. The Labute approximate surface area is 138 Å². The first kappa shape index (κ1) is 14.5. The lowest BCUT2D eigenvalue weighted by Crippen LogP contribution is -2.40. The molecule has 2 nitrogen and oxygen atoms in total. The molecular weight excluding hydrogens is 280 g/mol. The van der Waals surface area contributed by atoms with Gasteiger partial charge in [0.15, 0.2) is 0 Å². The molecule has 1 atom stereocenters. The largest absolute Gasteiger partial charge is 0.361 e. The number of nitrogens with one attached hydrogen (secondary N) is 1. The molecule has 1 saturated heterocycles. The summed E-state index contributed by atoms with van der Waals surface area (Å²) in [5.41, 5.74) is 4.15. The molecule has 3 aromatic rings. The summed E-state index contributed by atoms with van der Waals surface area (Å²) in [5, 5.41) is 1.39. The van der Waals surface area contributed by atoms with Gasteiger partial charge in [0.2, 0.25) is 0 Å². The monoisotopic (exact) mass is 304 g/mol. The van der Waals surface area contributed by atoms with E-state index in [4.69, 9.17) is 0 Å². The second-order valence-electron chi connectivity index (χ2n) is 6.67. The molecule has 1 aromatic heterocycles. The normalized spacial score (nSPS) is 19.2. The van der Waals surface area contributed by atoms with Gasteiger partial charge in [0, 0.05) is 29.7 Å². The number of H-pyrrole nitrogens is 1. The molecule has 118 valence electrons. The molecule has 2 heterocycles. The van der Waals surface area contributed by atoms with E-state index in [9.17, 15) is 0 Å².